The van der Waals surface area contributed by atoms with Crippen LogP contribution < -0.4 is 15.4 Å². The van der Waals surface area contributed by atoms with E-state index in [4.69, 9.17) is 16.3 Å². The van der Waals surface area contributed by atoms with E-state index in [0.717, 1.165) is 5.69 Å². The Kier molecular flexibility index (Phi) is 8.73. The average Bonchev–Trinajstić information content (AvgIpc) is 3.45. The SMILES string of the molecule is CCN(C(=O)Oc1ccc(F)cc1)[C@@H]1CNC[C@H]1c1cc(Cl)c(F)cc1C(=O)C1CCNC(c2ccccn2)C1. The molecule has 7 nitrogen and oxygen atoms in total. The van der Waals surface area contributed by atoms with Crippen LogP contribution in [0.4, 0.5) is 13.6 Å². The molecule has 5 rings (SSSR count). The summed E-state index contributed by atoms with van der Waals surface area (Å²) in [6, 6.07) is 13.2. The van der Waals surface area contributed by atoms with E-state index in [1.54, 1.807) is 11.1 Å². The highest BCUT2D eigenvalue weighted by Crippen LogP contribution is 2.36. The van der Waals surface area contributed by atoms with Crippen molar-refractivity contribution in [2.45, 2.75) is 37.8 Å². The van der Waals surface area contributed by atoms with Gasteiger partial charge in [0.25, 0.3) is 0 Å². The predicted molar refractivity (Wildman–Crippen MR) is 148 cm³/mol. The summed E-state index contributed by atoms with van der Waals surface area (Å²) in [6.45, 7) is 3.72. The number of aromatic nitrogens is 1. The maximum Gasteiger partial charge on any atom is 0.415 e. The maximum absolute atomic E-state index is 14.8. The van der Waals surface area contributed by atoms with Crippen LogP contribution in [0.15, 0.2) is 60.8 Å². The zero-order valence-corrected chi connectivity index (χ0v) is 22.8. The highest BCUT2D eigenvalue weighted by molar-refractivity contribution is 6.31. The van der Waals surface area contributed by atoms with Crippen molar-refractivity contribution in [1.82, 2.24) is 20.5 Å². The third kappa shape index (κ3) is 6.01. The molecule has 3 heterocycles. The van der Waals surface area contributed by atoms with Gasteiger partial charge in [0.15, 0.2) is 5.78 Å². The Hall–Kier alpha value is -3.40. The summed E-state index contributed by atoms with van der Waals surface area (Å²) in [5.41, 5.74) is 1.75. The lowest BCUT2D eigenvalue weighted by molar-refractivity contribution is 0.0875. The zero-order valence-electron chi connectivity index (χ0n) is 22.1. The molecule has 2 aromatic carbocycles. The Morgan fingerprint density at radius 3 is 2.65 bits per heavy atom. The molecule has 0 spiro atoms. The maximum atomic E-state index is 14.8. The molecular weight excluding hydrogens is 538 g/mol. The standard InChI is InChI=1S/C30H31ClF2N4O3/c1-2-37(30(39)40-20-8-6-19(32)7-9-20)28-17-34-16-23(28)21-14-24(31)25(33)15-22(21)29(38)18-10-12-36-27(13-18)26-5-3-4-11-35-26/h3-9,11,14-15,18,23,27-28,34,36H,2,10,12-13,16-17H2,1H3/t18?,23-,27?,28+/m0/s1. The lowest BCUT2D eigenvalue weighted by atomic mass is 9.80. The van der Waals surface area contributed by atoms with Crippen molar-refractivity contribution < 1.29 is 23.1 Å². The van der Waals surface area contributed by atoms with Crippen molar-refractivity contribution in [3.8, 4) is 5.75 Å². The summed E-state index contributed by atoms with van der Waals surface area (Å²) in [5.74, 6) is -1.67. The van der Waals surface area contributed by atoms with Gasteiger partial charge in [-0.05, 0) is 80.4 Å². The van der Waals surface area contributed by atoms with Crippen LogP contribution in [-0.4, -0.2) is 54.0 Å². The molecule has 2 saturated heterocycles. The van der Waals surface area contributed by atoms with Crippen molar-refractivity contribution in [2.24, 2.45) is 5.92 Å². The number of ketones is 1. The third-order valence-corrected chi connectivity index (χ3v) is 8.04. The number of ether oxygens (including phenoxy) is 1. The molecule has 2 fully saturated rings. The number of carbonyl (C=O) groups is 2. The Labute approximate surface area is 236 Å². The molecule has 0 radical (unpaired) electrons. The number of pyridine rings is 1. The topological polar surface area (TPSA) is 83.6 Å². The summed E-state index contributed by atoms with van der Waals surface area (Å²) >= 11 is 6.24. The van der Waals surface area contributed by atoms with Crippen LogP contribution in [-0.2, 0) is 0 Å². The number of piperidine rings is 1. The molecular formula is C30H31ClF2N4O3. The highest BCUT2D eigenvalue weighted by Gasteiger charge is 2.39. The number of rotatable bonds is 7. The molecule has 0 aliphatic carbocycles. The van der Waals surface area contributed by atoms with Crippen LogP contribution in [0.3, 0.4) is 0 Å². The molecule has 40 heavy (non-hydrogen) atoms. The normalized spacial score (nSPS) is 22.6. The molecule has 2 N–H and O–H groups in total. The average molecular weight is 569 g/mol. The molecule has 4 atom stereocenters. The lowest BCUT2D eigenvalue weighted by Gasteiger charge is -2.33. The van der Waals surface area contributed by atoms with Gasteiger partial charge in [0.1, 0.15) is 17.4 Å². The van der Waals surface area contributed by atoms with E-state index in [2.05, 4.69) is 15.6 Å². The Bertz CT molecular complexity index is 1360. The van der Waals surface area contributed by atoms with Gasteiger partial charge in [0.05, 0.1) is 22.8 Å². The van der Waals surface area contributed by atoms with Crippen LogP contribution in [0.1, 0.15) is 53.3 Å². The fourth-order valence-corrected chi connectivity index (χ4v) is 5.91. The lowest BCUT2D eigenvalue weighted by Crippen LogP contribution is -2.45. The van der Waals surface area contributed by atoms with Crippen LogP contribution in [0.25, 0.3) is 0 Å². The smallest absolute Gasteiger partial charge is 0.410 e. The summed E-state index contributed by atoms with van der Waals surface area (Å²) < 4.78 is 33.6. The first kappa shape index (κ1) is 28.1. The highest BCUT2D eigenvalue weighted by atomic mass is 35.5. The van der Waals surface area contributed by atoms with Crippen LogP contribution >= 0.6 is 11.6 Å². The second kappa shape index (κ2) is 12.4. The first-order chi connectivity index (χ1) is 19.4. The number of hydrogen-bond donors (Lipinski definition) is 2. The Morgan fingerprint density at radius 2 is 1.93 bits per heavy atom. The van der Waals surface area contributed by atoms with Crippen LogP contribution in [0.5, 0.6) is 5.75 Å². The summed E-state index contributed by atoms with van der Waals surface area (Å²) in [6.07, 6.45) is 2.29. The van der Waals surface area contributed by atoms with Gasteiger partial charge >= 0.3 is 6.09 Å². The van der Waals surface area contributed by atoms with E-state index < -0.39 is 17.7 Å². The number of nitrogens with one attached hydrogen (secondary N) is 2. The summed E-state index contributed by atoms with van der Waals surface area (Å²) in [5, 5.41) is 6.66. The number of amides is 1. The number of halogens is 3. The largest absolute Gasteiger partial charge is 0.415 e. The fraction of sp³-hybridized carbons (Fsp3) is 0.367. The molecule has 2 aliphatic rings. The second-order valence-electron chi connectivity index (χ2n) is 10.1. The van der Waals surface area contributed by atoms with Gasteiger partial charge in [-0.2, -0.15) is 0 Å². The fourth-order valence-electron chi connectivity index (χ4n) is 5.74. The minimum absolute atomic E-state index is 0.0780. The molecule has 1 amide bonds. The number of Topliss-reactive ketones (excluding diaryl/α,β-unsaturated/α-hetero) is 1. The van der Waals surface area contributed by atoms with E-state index >= 15 is 0 Å². The minimum Gasteiger partial charge on any atom is -0.410 e. The van der Waals surface area contributed by atoms with Gasteiger partial charge in [0, 0.05) is 43.2 Å². The quantitative estimate of drug-likeness (QED) is 0.366. The molecule has 0 bridgehead atoms. The monoisotopic (exact) mass is 568 g/mol. The van der Waals surface area contributed by atoms with Gasteiger partial charge in [-0.3, -0.25) is 9.78 Å². The van der Waals surface area contributed by atoms with E-state index in [0.29, 0.717) is 44.6 Å². The summed E-state index contributed by atoms with van der Waals surface area (Å²) in [4.78, 5) is 33.1. The van der Waals surface area contributed by atoms with Gasteiger partial charge in [-0.25, -0.2) is 13.6 Å². The molecule has 10 heteroatoms. The third-order valence-electron chi connectivity index (χ3n) is 7.75. The van der Waals surface area contributed by atoms with Gasteiger partial charge < -0.3 is 20.3 Å². The van der Waals surface area contributed by atoms with Crippen LogP contribution in [0, 0.1) is 17.6 Å². The second-order valence-corrected chi connectivity index (χ2v) is 10.5. The van der Waals surface area contributed by atoms with Crippen molar-refractivity contribution in [3.05, 3.63) is 94.3 Å². The van der Waals surface area contributed by atoms with Crippen molar-refractivity contribution in [1.29, 1.82) is 0 Å². The number of carbonyl (C=O) groups excluding carboxylic acids is 2. The number of nitrogens with zero attached hydrogens (tertiary/aromatic N) is 2. The van der Waals surface area contributed by atoms with Crippen molar-refractivity contribution in [3.63, 3.8) is 0 Å². The minimum atomic E-state index is -0.658. The van der Waals surface area contributed by atoms with Crippen molar-refractivity contribution >= 4 is 23.5 Å². The predicted octanol–water partition coefficient (Wildman–Crippen LogP) is 5.51. The number of benzene rings is 2. The zero-order chi connectivity index (χ0) is 28.2. The molecule has 1 aromatic heterocycles. The van der Waals surface area contributed by atoms with E-state index in [-0.39, 0.29) is 46.0 Å². The van der Waals surface area contributed by atoms with Gasteiger partial charge in [-0.1, -0.05) is 17.7 Å². The van der Waals surface area contributed by atoms with Gasteiger partial charge in [0.2, 0.25) is 0 Å². The molecule has 2 aliphatic heterocycles. The molecule has 0 saturated carbocycles. The van der Waals surface area contributed by atoms with Gasteiger partial charge in [-0.15, -0.1) is 0 Å². The van der Waals surface area contributed by atoms with Crippen molar-refractivity contribution in [2.75, 3.05) is 26.2 Å². The van der Waals surface area contributed by atoms with E-state index in [1.165, 1.54) is 36.4 Å². The summed E-state index contributed by atoms with van der Waals surface area (Å²) in [7, 11) is 0. The molecule has 2 unspecified atom stereocenters. The molecule has 210 valence electrons. The first-order valence-corrected chi connectivity index (χ1v) is 13.9. The first-order valence-electron chi connectivity index (χ1n) is 13.5. The number of hydrogen-bond acceptors (Lipinski definition) is 6. The van der Waals surface area contributed by atoms with E-state index in [1.807, 2.05) is 25.1 Å². The molecule has 3 aromatic rings. The Morgan fingerprint density at radius 1 is 1.12 bits per heavy atom. The van der Waals surface area contributed by atoms with E-state index in [9.17, 15) is 18.4 Å². The van der Waals surface area contributed by atoms with Crippen LogP contribution in [0.2, 0.25) is 5.02 Å². The Balaban J connectivity index is 1.41. The number of likely N-dealkylation sites (N-methyl/N-ethyl adjacent to an activating group) is 1.